The molecule has 0 radical (unpaired) electrons. The quantitative estimate of drug-likeness (QED) is 0.171. The van der Waals surface area contributed by atoms with Crippen LogP contribution in [0, 0.1) is 0 Å². The summed E-state index contributed by atoms with van der Waals surface area (Å²) in [5.74, 6) is 0. The molecule has 0 saturated heterocycles. The Morgan fingerprint density at radius 3 is 1.65 bits per heavy atom. The third-order valence-electron chi connectivity index (χ3n) is 11.1. The van der Waals surface area contributed by atoms with E-state index in [2.05, 4.69) is 215 Å². The summed E-state index contributed by atoms with van der Waals surface area (Å²) in [5.41, 5.74) is 14.5. The molecule has 0 fully saturated rings. The molecule has 252 valence electrons. The van der Waals surface area contributed by atoms with Crippen LogP contribution in [0.25, 0.3) is 99.1 Å². The highest BCUT2D eigenvalue weighted by molar-refractivity contribution is 6.16. The van der Waals surface area contributed by atoms with E-state index in [1.54, 1.807) is 0 Å². The maximum Gasteiger partial charge on any atom is 0.0547 e. The Morgan fingerprint density at radius 1 is 0.278 bits per heavy atom. The first-order valence-electron chi connectivity index (χ1n) is 18.6. The van der Waals surface area contributed by atoms with Gasteiger partial charge in [0.1, 0.15) is 0 Å². The maximum absolute atomic E-state index is 2.44. The van der Waals surface area contributed by atoms with Crippen LogP contribution >= 0.6 is 0 Å². The first-order valence-corrected chi connectivity index (χ1v) is 18.6. The van der Waals surface area contributed by atoms with E-state index in [9.17, 15) is 0 Å². The molecular weight excluding hydrogens is 653 g/mol. The Morgan fingerprint density at radius 2 is 0.815 bits per heavy atom. The van der Waals surface area contributed by atoms with Crippen LogP contribution in [0.1, 0.15) is 0 Å². The number of hydrogen-bond donors (Lipinski definition) is 0. The van der Waals surface area contributed by atoms with Crippen molar-refractivity contribution in [2.75, 3.05) is 0 Å². The SMILES string of the molecule is c1ccc(-n2c3ccccc3c3c(-c4ccc(-c5ccccc5-n5c6ccccc6c6cc(-c7cccc8ccccc78)ccc65)cc4)cccc32)cc1. The van der Waals surface area contributed by atoms with Crippen LogP contribution in [-0.4, -0.2) is 9.13 Å². The van der Waals surface area contributed by atoms with Crippen LogP contribution in [0.15, 0.2) is 206 Å². The number of aromatic nitrogens is 2. The van der Waals surface area contributed by atoms with Gasteiger partial charge < -0.3 is 9.13 Å². The molecule has 2 aromatic heterocycles. The fourth-order valence-corrected chi connectivity index (χ4v) is 8.73. The largest absolute Gasteiger partial charge is 0.309 e. The smallest absolute Gasteiger partial charge is 0.0547 e. The van der Waals surface area contributed by atoms with Crippen molar-refractivity contribution in [1.82, 2.24) is 9.13 Å². The molecule has 54 heavy (non-hydrogen) atoms. The summed E-state index contributed by atoms with van der Waals surface area (Å²) in [6.45, 7) is 0. The Labute approximate surface area is 313 Å². The fraction of sp³-hybridized carbons (Fsp3) is 0. The van der Waals surface area contributed by atoms with Crippen LogP contribution in [0.4, 0.5) is 0 Å². The van der Waals surface area contributed by atoms with Crippen LogP contribution in [0.3, 0.4) is 0 Å². The van der Waals surface area contributed by atoms with Gasteiger partial charge in [-0.05, 0) is 87.1 Å². The normalized spacial score (nSPS) is 11.7. The summed E-state index contributed by atoms with van der Waals surface area (Å²) in [4.78, 5) is 0. The molecule has 0 aliphatic heterocycles. The van der Waals surface area contributed by atoms with Crippen molar-refractivity contribution < 1.29 is 0 Å². The van der Waals surface area contributed by atoms with Crippen LogP contribution in [0.2, 0.25) is 0 Å². The highest BCUT2D eigenvalue weighted by atomic mass is 15.0. The van der Waals surface area contributed by atoms with E-state index < -0.39 is 0 Å². The third kappa shape index (κ3) is 4.67. The molecule has 9 aromatic carbocycles. The Bertz CT molecular complexity index is 3190. The van der Waals surface area contributed by atoms with Crippen molar-refractivity contribution >= 4 is 54.4 Å². The molecule has 2 heterocycles. The Kier molecular flexibility index (Phi) is 6.90. The van der Waals surface area contributed by atoms with Gasteiger partial charge in [0.25, 0.3) is 0 Å². The van der Waals surface area contributed by atoms with E-state index in [0.717, 1.165) is 0 Å². The van der Waals surface area contributed by atoms with E-state index in [-0.39, 0.29) is 0 Å². The van der Waals surface area contributed by atoms with Crippen LogP contribution < -0.4 is 0 Å². The number of benzene rings is 9. The average Bonchev–Trinajstić information content (AvgIpc) is 3.76. The van der Waals surface area contributed by atoms with Crippen molar-refractivity contribution in [1.29, 1.82) is 0 Å². The minimum atomic E-state index is 1.17. The van der Waals surface area contributed by atoms with Gasteiger partial charge in [0.05, 0.1) is 27.8 Å². The number of fused-ring (bicyclic) bond motifs is 7. The maximum atomic E-state index is 2.44. The standard InChI is InChI=1S/C52H34N2/c1-2-16-39(17-3-1)53-49-26-11-8-21-45(49)52-43(23-13-27-51(52)53)37-30-28-36(29-31-37)42-19-6-9-24-47(42)54-48-25-10-7-20-44(48)46-34-38(32-33-50(46)54)41-22-12-15-35-14-4-5-18-40(35)41/h1-34H. The summed E-state index contributed by atoms with van der Waals surface area (Å²) < 4.78 is 4.83. The van der Waals surface area contributed by atoms with E-state index in [1.807, 2.05) is 0 Å². The van der Waals surface area contributed by atoms with E-state index >= 15 is 0 Å². The van der Waals surface area contributed by atoms with Crippen LogP contribution in [-0.2, 0) is 0 Å². The molecule has 0 unspecified atom stereocenters. The van der Waals surface area contributed by atoms with Gasteiger partial charge in [0.2, 0.25) is 0 Å². The molecule has 11 aromatic rings. The molecule has 11 rings (SSSR count). The van der Waals surface area contributed by atoms with Gasteiger partial charge in [-0.15, -0.1) is 0 Å². The lowest BCUT2D eigenvalue weighted by Gasteiger charge is -2.15. The zero-order valence-electron chi connectivity index (χ0n) is 29.5. The lowest BCUT2D eigenvalue weighted by molar-refractivity contribution is 1.18. The molecule has 0 atom stereocenters. The average molecular weight is 687 g/mol. The van der Waals surface area contributed by atoms with Crippen molar-refractivity contribution in [3.8, 4) is 44.8 Å². The third-order valence-corrected chi connectivity index (χ3v) is 11.1. The van der Waals surface area contributed by atoms with E-state index in [1.165, 1.54) is 99.1 Å². The first-order chi connectivity index (χ1) is 26.8. The summed E-state index contributed by atoms with van der Waals surface area (Å²) in [5, 5.41) is 7.57. The summed E-state index contributed by atoms with van der Waals surface area (Å²) >= 11 is 0. The predicted octanol–water partition coefficient (Wildman–Crippen LogP) is 14.0. The molecule has 2 nitrogen and oxygen atoms in total. The van der Waals surface area contributed by atoms with Gasteiger partial charge in [0, 0.05) is 32.8 Å². The van der Waals surface area contributed by atoms with Gasteiger partial charge in [-0.3, -0.25) is 0 Å². The van der Waals surface area contributed by atoms with Gasteiger partial charge in [-0.1, -0.05) is 158 Å². The van der Waals surface area contributed by atoms with Crippen molar-refractivity contribution in [3.63, 3.8) is 0 Å². The van der Waals surface area contributed by atoms with E-state index in [4.69, 9.17) is 0 Å². The minimum absolute atomic E-state index is 1.17. The molecule has 0 spiro atoms. The number of hydrogen-bond acceptors (Lipinski definition) is 0. The zero-order valence-corrected chi connectivity index (χ0v) is 29.5. The van der Waals surface area contributed by atoms with E-state index in [0.29, 0.717) is 0 Å². The Hall–Kier alpha value is -7.16. The number of rotatable bonds is 5. The molecule has 0 saturated carbocycles. The molecule has 0 aliphatic rings. The Balaban J connectivity index is 1.05. The second kappa shape index (κ2) is 12.2. The monoisotopic (exact) mass is 686 g/mol. The second-order valence-corrected chi connectivity index (χ2v) is 14.1. The fourth-order valence-electron chi connectivity index (χ4n) is 8.73. The van der Waals surface area contributed by atoms with Crippen LogP contribution in [0.5, 0.6) is 0 Å². The van der Waals surface area contributed by atoms with Crippen molar-refractivity contribution in [2.24, 2.45) is 0 Å². The predicted molar refractivity (Wildman–Crippen MR) is 229 cm³/mol. The lowest BCUT2D eigenvalue weighted by atomic mass is 9.96. The van der Waals surface area contributed by atoms with Gasteiger partial charge >= 0.3 is 0 Å². The number of nitrogens with zero attached hydrogens (tertiary/aromatic N) is 2. The highest BCUT2D eigenvalue weighted by Gasteiger charge is 2.18. The summed E-state index contributed by atoms with van der Waals surface area (Å²) in [7, 11) is 0. The minimum Gasteiger partial charge on any atom is -0.309 e. The summed E-state index contributed by atoms with van der Waals surface area (Å²) in [6.07, 6.45) is 0. The van der Waals surface area contributed by atoms with Crippen molar-refractivity contribution in [3.05, 3.63) is 206 Å². The molecule has 0 amide bonds. The molecule has 0 aliphatic carbocycles. The molecule has 2 heteroatoms. The topological polar surface area (TPSA) is 9.86 Å². The van der Waals surface area contributed by atoms with Crippen molar-refractivity contribution in [2.45, 2.75) is 0 Å². The van der Waals surface area contributed by atoms with Gasteiger partial charge in [-0.25, -0.2) is 0 Å². The zero-order chi connectivity index (χ0) is 35.6. The molecule has 0 bridgehead atoms. The molecular formula is C52H34N2. The lowest BCUT2D eigenvalue weighted by Crippen LogP contribution is -1.97. The van der Waals surface area contributed by atoms with Gasteiger partial charge in [0.15, 0.2) is 0 Å². The second-order valence-electron chi connectivity index (χ2n) is 14.1. The summed E-state index contributed by atoms with van der Waals surface area (Å²) in [6, 6.07) is 75.1. The highest BCUT2D eigenvalue weighted by Crippen LogP contribution is 2.41. The first kappa shape index (κ1) is 30.5. The van der Waals surface area contributed by atoms with Gasteiger partial charge in [-0.2, -0.15) is 0 Å². The number of para-hydroxylation sites is 4. The molecule has 0 N–H and O–H groups in total.